The zero-order valence-electron chi connectivity index (χ0n) is 16.9. The summed E-state index contributed by atoms with van der Waals surface area (Å²) in [4.78, 5) is 12.7. The largest absolute Gasteiger partial charge is 0.474 e. The van der Waals surface area contributed by atoms with E-state index in [9.17, 15) is 0 Å². The van der Waals surface area contributed by atoms with Crippen LogP contribution in [-0.2, 0) is 10.4 Å². The van der Waals surface area contributed by atoms with Gasteiger partial charge in [0, 0.05) is 32.2 Å². The molecule has 0 radical (unpaired) electrons. The normalized spacial score (nSPS) is 22.6. The first-order chi connectivity index (χ1) is 15.1. The molecular weight excluding hydrogens is 407 g/mol. The van der Waals surface area contributed by atoms with Crippen molar-refractivity contribution >= 4 is 0 Å². The van der Waals surface area contributed by atoms with Crippen LogP contribution in [0.1, 0.15) is 31.2 Å². The van der Waals surface area contributed by atoms with E-state index in [1.165, 1.54) is 19.5 Å². The number of hydrogen-bond donors (Lipinski definition) is 0. The number of nitrogens with zero attached hydrogens (tertiary/aromatic N) is 4. The van der Waals surface area contributed by atoms with Crippen molar-refractivity contribution in [1.29, 1.82) is 0 Å². The number of rotatable bonds is 9. The van der Waals surface area contributed by atoms with Crippen LogP contribution in [0.15, 0.2) is 41.3 Å². The first-order valence-corrected chi connectivity index (χ1v) is 10.0. The number of hydrogen-bond acceptors (Lipinski definition) is 9. The molecule has 0 aliphatic heterocycles. The maximum atomic E-state index is 15.3. The van der Waals surface area contributed by atoms with Crippen molar-refractivity contribution in [3.05, 3.63) is 42.4 Å². The SMILES string of the molecule is COCOc1cc(-c2cnc(O[C@H]3C[C@](F)(c4ccnc(OC5CC5)c4)C3)cn2)on1. The van der Waals surface area contributed by atoms with Gasteiger partial charge in [-0.05, 0) is 29.6 Å². The van der Waals surface area contributed by atoms with E-state index >= 15 is 4.39 Å². The summed E-state index contributed by atoms with van der Waals surface area (Å²) in [5, 5.41) is 3.76. The smallest absolute Gasteiger partial charge is 0.256 e. The highest BCUT2D eigenvalue weighted by atomic mass is 19.1. The van der Waals surface area contributed by atoms with Crippen molar-refractivity contribution < 1.29 is 27.9 Å². The minimum Gasteiger partial charge on any atom is -0.474 e. The summed E-state index contributed by atoms with van der Waals surface area (Å²) in [6.45, 7) is 0.0657. The molecule has 162 valence electrons. The second-order valence-electron chi connectivity index (χ2n) is 7.63. The van der Waals surface area contributed by atoms with Gasteiger partial charge in [-0.3, -0.25) is 0 Å². The number of halogens is 1. The lowest BCUT2D eigenvalue weighted by atomic mass is 9.74. The Hall–Kier alpha value is -3.27. The van der Waals surface area contributed by atoms with Gasteiger partial charge in [0.15, 0.2) is 12.6 Å². The fraction of sp³-hybridized carbons (Fsp3) is 0.429. The van der Waals surface area contributed by atoms with Crippen molar-refractivity contribution in [3.8, 4) is 29.1 Å². The van der Waals surface area contributed by atoms with E-state index in [-0.39, 0.29) is 37.7 Å². The molecule has 10 heteroatoms. The molecule has 2 fully saturated rings. The van der Waals surface area contributed by atoms with Gasteiger partial charge in [0.25, 0.3) is 5.88 Å². The van der Waals surface area contributed by atoms with E-state index in [1.807, 2.05) is 0 Å². The second kappa shape index (κ2) is 8.10. The number of aromatic nitrogens is 4. The summed E-state index contributed by atoms with van der Waals surface area (Å²) in [5.41, 5.74) is -0.419. The standard InChI is InChI=1S/C21H21FN4O5/c1-27-12-28-19-7-17(31-26-19)16-10-25-20(11-24-16)30-15-8-21(22,9-15)13-4-5-23-18(6-13)29-14-2-3-14/h4-7,10-11,14-15H,2-3,8-9,12H2,1H3/t15-,21+. The molecular formula is C21H21FN4O5. The van der Waals surface area contributed by atoms with E-state index in [2.05, 4.69) is 20.1 Å². The minimum absolute atomic E-state index is 0.0657. The van der Waals surface area contributed by atoms with Gasteiger partial charge in [-0.1, -0.05) is 0 Å². The lowest BCUT2D eigenvalue weighted by Crippen LogP contribution is -2.44. The number of methoxy groups -OCH3 is 1. The molecule has 0 spiro atoms. The zero-order valence-corrected chi connectivity index (χ0v) is 16.9. The van der Waals surface area contributed by atoms with Gasteiger partial charge in [-0.25, -0.2) is 19.3 Å². The van der Waals surface area contributed by atoms with Gasteiger partial charge in [0.05, 0.1) is 18.5 Å². The fourth-order valence-electron chi connectivity index (χ4n) is 3.33. The average Bonchev–Trinajstić information content (AvgIpc) is 3.45. The molecule has 0 bridgehead atoms. The lowest BCUT2D eigenvalue weighted by Gasteiger charge is -2.41. The summed E-state index contributed by atoms with van der Waals surface area (Å²) >= 11 is 0. The van der Waals surface area contributed by atoms with Crippen molar-refractivity contribution in [1.82, 2.24) is 20.1 Å². The van der Waals surface area contributed by atoms with E-state index < -0.39 is 5.67 Å². The van der Waals surface area contributed by atoms with E-state index in [1.54, 1.807) is 24.4 Å². The van der Waals surface area contributed by atoms with Crippen LogP contribution < -0.4 is 14.2 Å². The second-order valence-corrected chi connectivity index (χ2v) is 7.63. The lowest BCUT2D eigenvalue weighted by molar-refractivity contribution is -0.0489. The molecule has 0 aromatic carbocycles. The van der Waals surface area contributed by atoms with Crippen molar-refractivity contribution in [2.45, 2.75) is 43.6 Å². The van der Waals surface area contributed by atoms with Gasteiger partial charge in [0.2, 0.25) is 11.8 Å². The maximum Gasteiger partial charge on any atom is 0.256 e. The van der Waals surface area contributed by atoms with Crippen LogP contribution in [0.4, 0.5) is 4.39 Å². The molecule has 3 heterocycles. The van der Waals surface area contributed by atoms with Crippen LogP contribution in [0.25, 0.3) is 11.5 Å². The Bertz CT molecular complexity index is 1030. The Morgan fingerprint density at radius 1 is 1.03 bits per heavy atom. The summed E-state index contributed by atoms with van der Waals surface area (Å²) in [5.74, 6) is 1.48. The number of ether oxygens (including phenoxy) is 4. The molecule has 0 N–H and O–H groups in total. The Kier molecular flexibility index (Phi) is 5.14. The average molecular weight is 428 g/mol. The van der Waals surface area contributed by atoms with Crippen LogP contribution in [0.5, 0.6) is 17.6 Å². The third-order valence-corrected chi connectivity index (χ3v) is 5.15. The molecule has 2 aliphatic rings. The molecule has 3 aromatic rings. The van der Waals surface area contributed by atoms with Crippen LogP contribution in [-0.4, -0.2) is 46.2 Å². The molecule has 2 saturated carbocycles. The van der Waals surface area contributed by atoms with Crippen LogP contribution in [0.2, 0.25) is 0 Å². The quantitative estimate of drug-likeness (QED) is 0.474. The Balaban J connectivity index is 1.17. The highest BCUT2D eigenvalue weighted by Gasteiger charge is 2.48. The highest BCUT2D eigenvalue weighted by Crippen LogP contribution is 2.47. The molecule has 2 aliphatic carbocycles. The molecule has 0 atom stereocenters. The van der Waals surface area contributed by atoms with E-state index in [4.69, 9.17) is 23.5 Å². The zero-order chi connectivity index (χ0) is 21.3. The van der Waals surface area contributed by atoms with Gasteiger partial charge in [0.1, 0.15) is 23.6 Å². The van der Waals surface area contributed by atoms with Gasteiger partial charge in [-0.15, -0.1) is 0 Å². The maximum absolute atomic E-state index is 15.3. The monoisotopic (exact) mass is 428 g/mol. The minimum atomic E-state index is -1.46. The third-order valence-electron chi connectivity index (χ3n) is 5.15. The summed E-state index contributed by atoms with van der Waals surface area (Å²) in [6.07, 6.45) is 7.01. The van der Waals surface area contributed by atoms with Crippen LogP contribution in [0.3, 0.4) is 0 Å². The molecule has 0 saturated heterocycles. The number of pyridine rings is 1. The molecule has 3 aromatic heterocycles. The van der Waals surface area contributed by atoms with Crippen LogP contribution >= 0.6 is 0 Å². The highest BCUT2D eigenvalue weighted by molar-refractivity contribution is 5.51. The molecule has 9 nitrogen and oxygen atoms in total. The fourth-order valence-corrected chi connectivity index (χ4v) is 3.33. The van der Waals surface area contributed by atoms with Crippen LogP contribution in [0, 0.1) is 0 Å². The van der Waals surface area contributed by atoms with Gasteiger partial charge >= 0.3 is 0 Å². The summed E-state index contributed by atoms with van der Waals surface area (Å²) in [7, 11) is 1.51. The van der Waals surface area contributed by atoms with Crippen molar-refractivity contribution in [3.63, 3.8) is 0 Å². The molecule has 31 heavy (non-hydrogen) atoms. The molecule has 0 amide bonds. The first kappa shape index (κ1) is 19.7. The topological polar surface area (TPSA) is 102 Å². The predicted octanol–water partition coefficient (Wildman–Crippen LogP) is 3.46. The van der Waals surface area contributed by atoms with Crippen molar-refractivity contribution in [2.75, 3.05) is 13.9 Å². The summed E-state index contributed by atoms with van der Waals surface area (Å²) < 4.78 is 41.9. The van der Waals surface area contributed by atoms with E-state index in [0.29, 0.717) is 28.8 Å². The first-order valence-electron chi connectivity index (χ1n) is 10.0. The molecule has 5 rings (SSSR count). The Labute approximate surface area is 177 Å². The third kappa shape index (κ3) is 4.43. The summed E-state index contributed by atoms with van der Waals surface area (Å²) in [6, 6.07) is 4.96. The van der Waals surface area contributed by atoms with Crippen molar-refractivity contribution in [2.24, 2.45) is 0 Å². The Morgan fingerprint density at radius 3 is 2.61 bits per heavy atom. The molecule has 0 unspecified atom stereocenters. The van der Waals surface area contributed by atoms with E-state index in [0.717, 1.165) is 12.8 Å². The Morgan fingerprint density at radius 2 is 1.87 bits per heavy atom. The number of alkyl halides is 1. The van der Waals surface area contributed by atoms with Gasteiger partial charge < -0.3 is 23.5 Å². The predicted molar refractivity (Wildman–Crippen MR) is 104 cm³/mol. The van der Waals surface area contributed by atoms with Gasteiger partial charge in [-0.2, -0.15) is 0 Å².